The molecule has 0 saturated heterocycles. The van der Waals surface area contributed by atoms with Crippen molar-refractivity contribution < 1.29 is 9.13 Å². The van der Waals surface area contributed by atoms with Crippen LogP contribution in [0.25, 0.3) is 11.4 Å². The van der Waals surface area contributed by atoms with Crippen LogP contribution in [0.15, 0.2) is 48.5 Å². The molecule has 0 aliphatic rings. The van der Waals surface area contributed by atoms with Crippen LogP contribution in [-0.2, 0) is 19.8 Å². The summed E-state index contributed by atoms with van der Waals surface area (Å²) in [7, 11) is 3.64. The van der Waals surface area contributed by atoms with Gasteiger partial charge in [0.25, 0.3) is 0 Å². The summed E-state index contributed by atoms with van der Waals surface area (Å²) in [5.74, 6) is 1.41. The van der Waals surface area contributed by atoms with Crippen LogP contribution in [-0.4, -0.2) is 33.4 Å². The average Bonchev–Trinajstić information content (AvgIpc) is 2.99. The van der Waals surface area contributed by atoms with E-state index in [0.717, 1.165) is 29.2 Å². The Labute approximate surface area is 163 Å². The summed E-state index contributed by atoms with van der Waals surface area (Å²) < 4.78 is 22.8. The van der Waals surface area contributed by atoms with Crippen molar-refractivity contribution in [2.75, 3.05) is 14.2 Å². The first-order valence-electron chi connectivity index (χ1n) is 8.77. The SMILES string of the molecule is CCn1c(-c2ccc(OC)cc2)nn(CN(C)Cc2ccc(F)cc2)c1=S. The third-order valence-electron chi connectivity index (χ3n) is 4.33. The summed E-state index contributed by atoms with van der Waals surface area (Å²) in [4.78, 5) is 2.09. The minimum absolute atomic E-state index is 0.227. The lowest BCUT2D eigenvalue weighted by molar-refractivity contribution is 0.244. The minimum Gasteiger partial charge on any atom is -0.497 e. The van der Waals surface area contributed by atoms with Crippen LogP contribution < -0.4 is 4.74 Å². The predicted molar refractivity (Wildman–Crippen MR) is 107 cm³/mol. The van der Waals surface area contributed by atoms with Gasteiger partial charge < -0.3 is 9.30 Å². The molecule has 0 unspecified atom stereocenters. The molecule has 27 heavy (non-hydrogen) atoms. The van der Waals surface area contributed by atoms with Gasteiger partial charge in [-0.05, 0) is 68.2 Å². The number of hydrogen-bond acceptors (Lipinski definition) is 4. The molecule has 0 saturated carbocycles. The smallest absolute Gasteiger partial charge is 0.199 e. The summed E-state index contributed by atoms with van der Waals surface area (Å²) in [5.41, 5.74) is 2.03. The topological polar surface area (TPSA) is 35.2 Å². The second kappa shape index (κ2) is 8.45. The Balaban J connectivity index is 1.82. The first-order valence-corrected chi connectivity index (χ1v) is 9.17. The van der Waals surface area contributed by atoms with Gasteiger partial charge >= 0.3 is 0 Å². The Kier molecular flexibility index (Phi) is 6.03. The van der Waals surface area contributed by atoms with Crippen molar-refractivity contribution >= 4 is 12.2 Å². The number of hydrogen-bond donors (Lipinski definition) is 0. The van der Waals surface area contributed by atoms with Gasteiger partial charge in [0, 0.05) is 18.7 Å². The van der Waals surface area contributed by atoms with Crippen molar-refractivity contribution in [2.24, 2.45) is 0 Å². The van der Waals surface area contributed by atoms with E-state index in [1.165, 1.54) is 12.1 Å². The monoisotopic (exact) mass is 386 g/mol. The Bertz CT molecular complexity index is 948. The van der Waals surface area contributed by atoms with Gasteiger partial charge in [-0.1, -0.05) is 12.1 Å². The number of halogens is 1. The summed E-state index contributed by atoms with van der Waals surface area (Å²) in [6.07, 6.45) is 0. The van der Waals surface area contributed by atoms with Crippen molar-refractivity contribution in [3.63, 3.8) is 0 Å². The van der Waals surface area contributed by atoms with Gasteiger partial charge in [0.1, 0.15) is 11.6 Å². The minimum atomic E-state index is -0.227. The van der Waals surface area contributed by atoms with E-state index in [0.29, 0.717) is 18.0 Å². The largest absolute Gasteiger partial charge is 0.497 e. The molecule has 2 aromatic carbocycles. The number of rotatable bonds is 7. The third kappa shape index (κ3) is 4.43. The molecule has 3 rings (SSSR count). The molecule has 0 fully saturated rings. The molecule has 3 aromatic rings. The van der Waals surface area contributed by atoms with Gasteiger partial charge in [-0.2, -0.15) is 5.10 Å². The number of benzene rings is 2. The van der Waals surface area contributed by atoms with Gasteiger partial charge in [0.05, 0.1) is 13.8 Å². The normalized spacial score (nSPS) is 11.1. The van der Waals surface area contributed by atoms with E-state index in [4.69, 9.17) is 22.1 Å². The van der Waals surface area contributed by atoms with E-state index >= 15 is 0 Å². The van der Waals surface area contributed by atoms with E-state index in [1.54, 1.807) is 19.2 Å². The molecule has 142 valence electrons. The summed E-state index contributed by atoms with van der Waals surface area (Å²) in [5, 5.41) is 4.74. The van der Waals surface area contributed by atoms with Crippen LogP contribution >= 0.6 is 12.2 Å². The average molecular weight is 386 g/mol. The second-order valence-electron chi connectivity index (χ2n) is 6.36. The molecular formula is C20H23FN4OS. The zero-order valence-electron chi connectivity index (χ0n) is 15.7. The number of nitrogens with zero attached hydrogens (tertiary/aromatic N) is 4. The van der Waals surface area contributed by atoms with Crippen LogP contribution in [0.3, 0.4) is 0 Å². The Morgan fingerprint density at radius 2 is 1.78 bits per heavy atom. The molecule has 0 radical (unpaired) electrons. The second-order valence-corrected chi connectivity index (χ2v) is 6.73. The maximum absolute atomic E-state index is 13.1. The van der Waals surface area contributed by atoms with Crippen molar-refractivity contribution in [3.05, 3.63) is 64.7 Å². The van der Waals surface area contributed by atoms with Crippen molar-refractivity contribution in [3.8, 4) is 17.1 Å². The van der Waals surface area contributed by atoms with E-state index < -0.39 is 0 Å². The molecule has 0 aliphatic carbocycles. The molecule has 1 heterocycles. The van der Waals surface area contributed by atoms with Crippen molar-refractivity contribution in [2.45, 2.75) is 26.7 Å². The Hall–Kier alpha value is -2.51. The molecule has 7 heteroatoms. The van der Waals surface area contributed by atoms with Crippen LogP contribution in [0.5, 0.6) is 5.75 Å². The molecule has 0 atom stereocenters. The lowest BCUT2D eigenvalue weighted by atomic mass is 10.2. The highest BCUT2D eigenvalue weighted by Gasteiger charge is 2.13. The fraction of sp³-hybridized carbons (Fsp3) is 0.300. The fourth-order valence-electron chi connectivity index (χ4n) is 2.95. The van der Waals surface area contributed by atoms with E-state index in [1.807, 2.05) is 40.6 Å². The van der Waals surface area contributed by atoms with Crippen LogP contribution in [0, 0.1) is 10.6 Å². The maximum Gasteiger partial charge on any atom is 0.199 e. The summed E-state index contributed by atoms with van der Waals surface area (Å²) in [6, 6.07) is 14.3. The molecule has 5 nitrogen and oxygen atoms in total. The zero-order chi connectivity index (χ0) is 19.4. The Morgan fingerprint density at radius 3 is 2.37 bits per heavy atom. The van der Waals surface area contributed by atoms with Gasteiger partial charge in [0.15, 0.2) is 10.6 Å². The van der Waals surface area contributed by atoms with Crippen LogP contribution in [0.1, 0.15) is 12.5 Å². The van der Waals surface area contributed by atoms with Crippen LogP contribution in [0.2, 0.25) is 0 Å². The van der Waals surface area contributed by atoms with E-state index in [2.05, 4.69) is 11.8 Å². The third-order valence-corrected chi connectivity index (χ3v) is 4.76. The summed E-state index contributed by atoms with van der Waals surface area (Å²) in [6.45, 7) is 4.02. The molecule has 1 aromatic heterocycles. The number of aromatic nitrogens is 3. The maximum atomic E-state index is 13.1. The molecule has 0 bridgehead atoms. The highest BCUT2D eigenvalue weighted by Crippen LogP contribution is 2.22. The van der Waals surface area contributed by atoms with Gasteiger partial charge in [-0.25, -0.2) is 9.07 Å². The lowest BCUT2D eigenvalue weighted by Gasteiger charge is -2.16. The van der Waals surface area contributed by atoms with Gasteiger partial charge in [0.2, 0.25) is 0 Å². The van der Waals surface area contributed by atoms with Crippen molar-refractivity contribution in [1.29, 1.82) is 0 Å². The van der Waals surface area contributed by atoms with E-state index in [-0.39, 0.29) is 5.82 Å². The number of ether oxygens (including phenoxy) is 1. The zero-order valence-corrected chi connectivity index (χ0v) is 16.5. The first kappa shape index (κ1) is 19.3. The molecule has 0 spiro atoms. The molecular weight excluding hydrogens is 363 g/mol. The van der Waals surface area contributed by atoms with E-state index in [9.17, 15) is 4.39 Å². The fourth-order valence-corrected chi connectivity index (χ4v) is 3.27. The number of methoxy groups -OCH3 is 1. The summed E-state index contributed by atoms with van der Waals surface area (Å²) >= 11 is 5.62. The molecule has 0 amide bonds. The van der Waals surface area contributed by atoms with Crippen LogP contribution in [0.4, 0.5) is 4.39 Å². The highest BCUT2D eigenvalue weighted by molar-refractivity contribution is 7.71. The quantitative estimate of drug-likeness (QED) is 0.566. The highest BCUT2D eigenvalue weighted by atomic mass is 32.1. The first-order chi connectivity index (χ1) is 13.0. The molecule has 0 aliphatic heterocycles. The van der Waals surface area contributed by atoms with Gasteiger partial charge in [-0.15, -0.1) is 0 Å². The molecule has 0 N–H and O–H groups in total. The Morgan fingerprint density at radius 1 is 1.11 bits per heavy atom. The lowest BCUT2D eigenvalue weighted by Crippen LogP contribution is -2.22. The predicted octanol–water partition coefficient (Wildman–Crippen LogP) is 4.34. The van der Waals surface area contributed by atoms with Gasteiger partial charge in [-0.3, -0.25) is 4.90 Å². The van der Waals surface area contributed by atoms with Crippen molar-refractivity contribution in [1.82, 2.24) is 19.2 Å². The standard InChI is InChI=1S/C20H23FN4OS/c1-4-24-19(16-7-11-18(26-3)12-8-16)22-25(20(24)27)14-23(2)13-15-5-9-17(21)10-6-15/h5-12H,4,13-14H2,1-3H3.